The first-order chi connectivity index (χ1) is 8.97. The lowest BCUT2D eigenvalue weighted by Gasteiger charge is -2.01. The van der Waals surface area contributed by atoms with Gasteiger partial charge in [0.25, 0.3) is 11.2 Å². The van der Waals surface area contributed by atoms with Gasteiger partial charge in [-0.1, -0.05) is 11.6 Å². The summed E-state index contributed by atoms with van der Waals surface area (Å²) in [6.45, 7) is 0. The highest BCUT2D eigenvalue weighted by Gasteiger charge is 2.17. The first kappa shape index (κ1) is 11.5. The van der Waals surface area contributed by atoms with Gasteiger partial charge in [0.2, 0.25) is 0 Å². The van der Waals surface area contributed by atoms with Gasteiger partial charge in [0.1, 0.15) is 10.5 Å². The largest absolute Gasteiger partial charge is 0.323 e. The fourth-order valence-electron chi connectivity index (χ4n) is 1.95. The summed E-state index contributed by atoms with van der Waals surface area (Å²) < 4.78 is 0. The van der Waals surface area contributed by atoms with Crippen LogP contribution in [-0.4, -0.2) is 19.9 Å². The summed E-state index contributed by atoms with van der Waals surface area (Å²) in [5.41, 5.74) is -0.839. The Morgan fingerprint density at radius 2 is 1.79 bits per heavy atom. The van der Waals surface area contributed by atoms with Crippen molar-refractivity contribution in [2.24, 2.45) is 0 Å². The van der Waals surface area contributed by atoms with Gasteiger partial charge in [0.05, 0.1) is 16.0 Å². The molecule has 19 heavy (non-hydrogen) atoms. The van der Waals surface area contributed by atoms with Crippen molar-refractivity contribution in [1.29, 1.82) is 0 Å². The van der Waals surface area contributed by atoms with Gasteiger partial charge in [0, 0.05) is 11.5 Å². The maximum Gasteiger partial charge on any atom is 0.323 e. The van der Waals surface area contributed by atoms with Crippen LogP contribution < -0.4 is 11.2 Å². The standard InChI is InChI=1S/C10H5ClN4O4/c11-4-1-3-5(2-6(4)15(18)19)12-9(16)8-7(3)13-10(17)14-8/h1-2H,(H,12,16)(H2,13,14,17). The van der Waals surface area contributed by atoms with E-state index in [1.807, 2.05) is 0 Å². The van der Waals surface area contributed by atoms with Gasteiger partial charge in [0.15, 0.2) is 0 Å². The van der Waals surface area contributed by atoms with Crippen molar-refractivity contribution in [3.8, 4) is 0 Å². The zero-order chi connectivity index (χ0) is 13.7. The van der Waals surface area contributed by atoms with Gasteiger partial charge in [-0.25, -0.2) is 4.79 Å². The average Bonchev–Trinajstić information content (AvgIpc) is 2.72. The van der Waals surface area contributed by atoms with Crippen molar-refractivity contribution in [1.82, 2.24) is 15.0 Å². The first-order valence-corrected chi connectivity index (χ1v) is 5.47. The van der Waals surface area contributed by atoms with Crippen LogP contribution in [0.4, 0.5) is 5.69 Å². The molecule has 3 rings (SSSR count). The monoisotopic (exact) mass is 280 g/mol. The van der Waals surface area contributed by atoms with Gasteiger partial charge < -0.3 is 15.0 Å². The molecule has 0 radical (unpaired) electrons. The Kier molecular flexibility index (Phi) is 2.23. The van der Waals surface area contributed by atoms with Gasteiger partial charge >= 0.3 is 5.69 Å². The number of imidazole rings is 1. The summed E-state index contributed by atoms with van der Waals surface area (Å²) in [6, 6.07) is 2.49. The number of nitro groups is 1. The molecule has 0 fully saturated rings. The van der Waals surface area contributed by atoms with E-state index in [-0.39, 0.29) is 27.3 Å². The third-order valence-electron chi connectivity index (χ3n) is 2.76. The van der Waals surface area contributed by atoms with Crippen molar-refractivity contribution in [3.63, 3.8) is 0 Å². The van der Waals surface area contributed by atoms with E-state index in [1.165, 1.54) is 6.07 Å². The number of H-pyrrole nitrogens is 3. The number of pyridine rings is 1. The van der Waals surface area contributed by atoms with Crippen LogP contribution in [0.1, 0.15) is 0 Å². The van der Waals surface area contributed by atoms with E-state index in [4.69, 9.17) is 11.6 Å². The average molecular weight is 281 g/mol. The predicted molar refractivity (Wildman–Crippen MR) is 68.7 cm³/mol. The molecule has 8 nitrogen and oxygen atoms in total. The topological polar surface area (TPSA) is 125 Å². The van der Waals surface area contributed by atoms with E-state index >= 15 is 0 Å². The molecule has 0 aliphatic heterocycles. The second-order valence-corrected chi connectivity index (χ2v) is 4.30. The number of nitro benzene ring substituents is 1. The number of nitrogens with one attached hydrogen (secondary N) is 3. The van der Waals surface area contributed by atoms with E-state index in [0.717, 1.165) is 6.07 Å². The van der Waals surface area contributed by atoms with Gasteiger partial charge in [-0.05, 0) is 6.07 Å². The molecule has 0 atom stereocenters. The maximum absolute atomic E-state index is 11.7. The van der Waals surface area contributed by atoms with Crippen LogP contribution in [-0.2, 0) is 0 Å². The van der Waals surface area contributed by atoms with Crippen LogP contribution in [0.5, 0.6) is 0 Å². The van der Waals surface area contributed by atoms with Crippen LogP contribution >= 0.6 is 11.6 Å². The molecule has 2 heterocycles. The minimum absolute atomic E-state index is 0.0717. The fourth-order valence-corrected chi connectivity index (χ4v) is 2.19. The molecule has 0 saturated heterocycles. The van der Waals surface area contributed by atoms with Gasteiger partial charge in [-0.15, -0.1) is 0 Å². The normalized spacial score (nSPS) is 11.2. The van der Waals surface area contributed by atoms with Crippen molar-refractivity contribution >= 4 is 39.2 Å². The van der Waals surface area contributed by atoms with E-state index in [2.05, 4.69) is 15.0 Å². The molecule has 0 aliphatic carbocycles. The Morgan fingerprint density at radius 1 is 1.11 bits per heavy atom. The van der Waals surface area contributed by atoms with Crippen LogP contribution in [0, 0.1) is 10.1 Å². The Balaban J connectivity index is 2.57. The summed E-state index contributed by atoms with van der Waals surface area (Å²) in [4.78, 5) is 40.4. The number of rotatable bonds is 1. The fraction of sp³-hybridized carbons (Fsp3) is 0. The van der Waals surface area contributed by atoms with Crippen LogP contribution in [0.2, 0.25) is 5.02 Å². The molecule has 1 aromatic carbocycles. The van der Waals surface area contributed by atoms with E-state index in [0.29, 0.717) is 5.39 Å². The van der Waals surface area contributed by atoms with Crippen LogP contribution in [0.25, 0.3) is 21.9 Å². The number of hydrogen-bond donors (Lipinski definition) is 3. The molecule has 3 aromatic rings. The summed E-state index contributed by atoms with van der Waals surface area (Å²) in [7, 11) is 0. The van der Waals surface area contributed by atoms with E-state index < -0.39 is 16.2 Å². The molecule has 3 N–H and O–H groups in total. The number of halogens is 1. The molecule has 0 amide bonds. The van der Waals surface area contributed by atoms with Crippen molar-refractivity contribution in [3.05, 3.63) is 48.1 Å². The quantitative estimate of drug-likeness (QED) is 0.458. The molecule has 2 aromatic heterocycles. The third-order valence-corrected chi connectivity index (χ3v) is 3.06. The second-order valence-electron chi connectivity index (χ2n) is 3.89. The van der Waals surface area contributed by atoms with Gasteiger partial charge in [-0.2, -0.15) is 0 Å². The third kappa shape index (κ3) is 1.61. The van der Waals surface area contributed by atoms with Crippen molar-refractivity contribution < 1.29 is 4.92 Å². The molecule has 0 spiro atoms. The Labute approximate surface area is 108 Å². The van der Waals surface area contributed by atoms with Crippen molar-refractivity contribution in [2.45, 2.75) is 0 Å². The Morgan fingerprint density at radius 3 is 2.47 bits per heavy atom. The molecule has 9 heteroatoms. The first-order valence-electron chi connectivity index (χ1n) is 5.09. The molecule has 0 saturated carbocycles. The Bertz CT molecular complexity index is 952. The number of nitrogens with zero attached hydrogens (tertiary/aromatic N) is 1. The molecular weight excluding hydrogens is 276 g/mol. The number of aromatic amines is 3. The van der Waals surface area contributed by atoms with Crippen LogP contribution in [0.15, 0.2) is 21.7 Å². The maximum atomic E-state index is 11.7. The highest BCUT2D eigenvalue weighted by Crippen LogP contribution is 2.30. The summed E-state index contributed by atoms with van der Waals surface area (Å²) in [5, 5.41) is 11.1. The van der Waals surface area contributed by atoms with Gasteiger partial charge in [-0.3, -0.25) is 14.9 Å². The SMILES string of the molecule is O=c1[nH]c2c(=O)[nH]c3cc([N+](=O)[O-])c(Cl)cc3c2[nH]1. The number of fused-ring (bicyclic) bond motifs is 3. The lowest BCUT2D eigenvalue weighted by atomic mass is 10.2. The minimum atomic E-state index is -0.649. The zero-order valence-electron chi connectivity index (χ0n) is 9.11. The van der Waals surface area contributed by atoms with E-state index in [9.17, 15) is 19.7 Å². The smallest absolute Gasteiger partial charge is 0.320 e. The van der Waals surface area contributed by atoms with Crippen LogP contribution in [0.3, 0.4) is 0 Å². The molecule has 96 valence electrons. The summed E-state index contributed by atoms with van der Waals surface area (Å²) in [5.74, 6) is 0. The minimum Gasteiger partial charge on any atom is -0.320 e. The Hall–Kier alpha value is -2.61. The number of aromatic nitrogens is 3. The predicted octanol–water partition coefficient (Wildman–Crippen LogP) is 1.26. The number of benzene rings is 1. The second kappa shape index (κ2) is 3.69. The lowest BCUT2D eigenvalue weighted by Crippen LogP contribution is -2.07. The highest BCUT2D eigenvalue weighted by molar-refractivity contribution is 6.33. The molecule has 0 aliphatic rings. The van der Waals surface area contributed by atoms with Crippen molar-refractivity contribution in [2.75, 3.05) is 0 Å². The highest BCUT2D eigenvalue weighted by atomic mass is 35.5. The van der Waals surface area contributed by atoms with E-state index in [1.54, 1.807) is 0 Å². The molecular formula is C10H5ClN4O4. The number of hydrogen-bond acceptors (Lipinski definition) is 4. The molecule has 0 bridgehead atoms. The summed E-state index contributed by atoms with van der Waals surface area (Å²) >= 11 is 5.81. The zero-order valence-corrected chi connectivity index (χ0v) is 9.87. The lowest BCUT2D eigenvalue weighted by molar-refractivity contribution is -0.384. The summed E-state index contributed by atoms with van der Waals surface area (Å²) in [6.07, 6.45) is 0. The molecule has 0 unspecified atom stereocenters.